The summed E-state index contributed by atoms with van der Waals surface area (Å²) in [4.78, 5) is 10.0. The second-order valence-corrected chi connectivity index (χ2v) is 4.79. The molecule has 4 rings (SSSR count). The normalized spacial score (nSPS) is 15.1. The van der Waals surface area contributed by atoms with E-state index in [0.29, 0.717) is 13.2 Å². The summed E-state index contributed by atoms with van der Waals surface area (Å²) in [6, 6.07) is 17.3. The second-order valence-electron chi connectivity index (χ2n) is 4.79. The summed E-state index contributed by atoms with van der Waals surface area (Å²) in [6.45, 7) is 1.03. The highest BCUT2D eigenvalue weighted by Crippen LogP contribution is 2.35. The molecule has 3 nitrogen and oxygen atoms in total. The van der Waals surface area contributed by atoms with Gasteiger partial charge in [-0.05, 0) is 28.7 Å². The fourth-order valence-corrected chi connectivity index (χ4v) is 2.49. The number of hydrogen-bond donors (Lipinski definition) is 0. The maximum absolute atomic E-state index is 10.0. The maximum Gasteiger partial charge on any atom is 0.508 e. The van der Waals surface area contributed by atoms with Gasteiger partial charge in [0, 0.05) is 6.42 Å². The molecule has 0 radical (unpaired) electrons. The van der Waals surface area contributed by atoms with E-state index >= 15 is 0 Å². The molecule has 0 amide bonds. The average Bonchev–Trinajstić information content (AvgIpc) is 2.87. The molecule has 1 heterocycles. The third-order valence-corrected chi connectivity index (χ3v) is 3.43. The van der Waals surface area contributed by atoms with E-state index in [2.05, 4.69) is 58.0 Å². The van der Waals surface area contributed by atoms with Crippen LogP contribution in [0.25, 0.3) is 11.1 Å². The van der Waals surface area contributed by atoms with Crippen molar-refractivity contribution in [2.24, 2.45) is 0 Å². The van der Waals surface area contributed by atoms with Crippen LogP contribution in [-0.4, -0.2) is 19.4 Å². The van der Waals surface area contributed by atoms with Crippen molar-refractivity contribution in [1.29, 1.82) is 0 Å². The number of carbonyl (C=O) groups is 1. The van der Waals surface area contributed by atoms with Crippen molar-refractivity contribution in [1.82, 2.24) is 0 Å². The topological polar surface area (TPSA) is 35.5 Å². The molecule has 0 N–H and O–H groups in total. The monoisotopic (exact) mass is 268 g/mol. The van der Waals surface area contributed by atoms with Gasteiger partial charge in [0.05, 0.1) is 13.2 Å². The Labute approximate surface area is 118 Å². The van der Waals surface area contributed by atoms with E-state index in [0.717, 1.165) is 12.8 Å². The predicted molar refractivity (Wildman–Crippen MR) is 76.6 cm³/mol. The van der Waals surface area contributed by atoms with Crippen LogP contribution in [0.1, 0.15) is 17.5 Å². The molecule has 1 aliphatic carbocycles. The Hall–Kier alpha value is -2.29. The second kappa shape index (κ2) is 5.78. The molecule has 2 aliphatic rings. The van der Waals surface area contributed by atoms with Crippen molar-refractivity contribution in [3.63, 3.8) is 0 Å². The van der Waals surface area contributed by atoms with Gasteiger partial charge in [-0.15, -0.1) is 0 Å². The lowest BCUT2D eigenvalue weighted by atomic mass is 10.1. The maximum atomic E-state index is 10.0. The van der Waals surface area contributed by atoms with Crippen LogP contribution in [0.4, 0.5) is 4.79 Å². The first-order chi connectivity index (χ1) is 9.84. The molecule has 1 fully saturated rings. The lowest BCUT2D eigenvalue weighted by molar-refractivity contribution is 0.0192. The summed E-state index contributed by atoms with van der Waals surface area (Å²) < 4.78 is 8.83. The Balaban J connectivity index is 0.000000147. The van der Waals surface area contributed by atoms with Crippen molar-refractivity contribution >= 4 is 6.16 Å². The van der Waals surface area contributed by atoms with Gasteiger partial charge >= 0.3 is 6.16 Å². The van der Waals surface area contributed by atoms with Gasteiger partial charge in [-0.3, -0.25) is 0 Å². The van der Waals surface area contributed by atoms with Gasteiger partial charge in [-0.1, -0.05) is 48.5 Å². The highest BCUT2D eigenvalue weighted by atomic mass is 16.7. The van der Waals surface area contributed by atoms with Crippen molar-refractivity contribution in [3.05, 3.63) is 59.7 Å². The van der Waals surface area contributed by atoms with Crippen molar-refractivity contribution < 1.29 is 14.3 Å². The molecule has 0 unspecified atom stereocenters. The summed E-state index contributed by atoms with van der Waals surface area (Å²) >= 11 is 0. The summed E-state index contributed by atoms with van der Waals surface area (Å²) in [5, 5.41) is 0. The molecule has 102 valence electrons. The third-order valence-electron chi connectivity index (χ3n) is 3.43. The van der Waals surface area contributed by atoms with Gasteiger partial charge in [-0.2, -0.15) is 0 Å². The minimum Gasteiger partial charge on any atom is -0.434 e. The van der Waals surface area contributed by atoms with Gasteiger partial charge in [0.2, 0.25) is 0 Å². The van der Waals surface area contributed by atoms with E-state index in [1.54, 1.807) is 0 Å². The Morgan fingerprint density at radius 3 is 1.70 bits per heavy atom. The molecule has 20 heavy (non-hydrogen) atoms. The molecule has 0 saturated carbocycles. The molecule has 0 aromatic heterocycles. The van der Waals surface area contributed by atoms with E-state index < -0.39 is 6.16 Å². The smallest absolute Gasteiger partial charge is 0.434 e. The summed E-state index contributed by atoms with van der Waals surface area (Å²) in [6.07, 6.45) is 1.39. The largest absolute Gasteiger partial charge is 0.508 e. The van der Waals surface area contributed by atoms with Crippen molar-refractivity contribution in [3.8, 4) is 11.1 Å². The van der Waals surface area contributed by atoms with Gasteiger partial charge in [0.1, 0.15) is 0 Å². The highest BCUT2D eigenvalue weighted by Gasteiger charge is 2.15. The molecule has 0 bridgehead atoms. The fourth-order valence-electron chi connectivity index (χ4n) is 2.49. The number of carbonyl (C=O) groups excluding carboxylic acids is 1. The van der Waals surface area contributed by atoms with Crippen LogP contribution in [0.15, 0.2) is 48.5 Å². The zero-order valence-electron chi connectivity index (χ0n) is 11.2. The van der Waals surface area contributed by atoms with Crippen LogP contribution in [0.2, 0.25) is 0 Å². The van der Waals surface area contributed by atoms with Gasteiger partial charge in [0.15, 0.2) is 0 Å². The number of rotatable bonds is 0. The minimum absolute atomic E-state index is 0.513. The molecule has 0 spiro atoms. The van der Waals surface area contributed by atoms with E-state index in [1.807, 2.05) is 0 Å². The SMILES string of the molecule is O=C1OCCCO1.c1ccc2c(c1)Cc1ccccc1-2. The molecular formula is C17H16O3. The number of cyclic esters (lactones) is 2. The quantitative estimate of drug-likeness (QED) is 0.582. The first kappa shape index (κ1) is 12.7. The number of fused-ring (bicyclic) bond motifs is 3. The van der Waals surface area contributed by atoms with Crippen LogP contribution in [0.3, 0.4) is 0 Å². The Kier molecular flexibility index (Phi) is 3.68. The Morgan fingerprint density at radius 1 is 0.750 bits per heavy atom. The minimum atomic E-state index is -0.536. The predicted octanol–water partition coefficient (Wildman–Crippen LogP) is 3.80. The summed E-state index contributed by atoms with van der Waals surface area (Å²) in [5.41, 5.74) is 5.75. The lowest BCUT2D eigenvalue weighted by Gasteiger charge is -2.09. The van der Waals surface area contributed by atoms with Gasteiger partial charge in [0.25, 0.3) is 0 Å². The van der Waals surface area contributed by atoms with E-state index in [-0.39, 0.29) is 0 Å². The average molecular weight is 268 g/mol. The highest BCUT2D eigenvalue weighted by molar-refractivity contribution is 5.76. The lowest BCUT2D eigenvalue weighted by Crippen LogP contribution is -2.16. The van der Waals surface area contributed by atoms with E-state index in [4.69, 9.17) is 0 Å². The molecule has 0 atom stereocenters. The zero-order chi connectivity index (χ0) is 13.8. The number of hydrogen-bond acceptors (Lipinski definition) is 3. The number of ether oxygens (including phenoxy) is 2. The summed E-state index contributed by atoms with van der Waals surface area (Å²) in [5.74, 6) is 0. The summed E-state index contributed by atoms with van der Waals surface area (Å²) in [7, 11) is 0. The first-order valence-corrected chi connectivity index (χ1v) is 6.80. The van der Waals surface area contributed by atoms with E-state index in [1.165, 1.54) is 22.3 Å². The zero-order valence-corrected chi connectivity index (χ0v) is 11.2. The van der Waals surface area contributed by atoms with Gasteiger partial charge in [-0.25, -0.2) is 4.79 Å². The molecule has 1 saturated heterocycles. The third kappa shape index (κ3) is 2.67. The molecular weight excluding hydrogens is 252 g/mol. The fraction of sp³-hybridized carbons (Fsp3) is 0.235. The van der Waals surface area contributed by atoms with Crippen molar-refractivity contribution in [2.75, 3.05) is 13.2 Å². The molecule has 2 aromatic rings. The Bertz CT molecular complexity index is 568. The first-order valence-electron chi connectivity index (χ1n) is 6.80. The standard InChI is InChI=1S/C13H10.C4H6O3/c1-3-7-12-10(5-1)9-11-6-2-4-8-13(11)12;5-4-6-2-1-3-7-4/h1-8H,9H2;1-3H2. The Morgan fingerprint density at radius 2 is 1.25 bits per heavy atom. The molecule has 1 aliphatic heterocycles. The molecule has 3 heteroatoms. The number of benzene rings is 2. The van der Waals surface area contributed by atoms with Crippen LogP contribution in [0.5, 0.6) is 0 Å². The van der Waals surface area contributed by atoms with Crippen LogP contribution in [-0.2, 0) is 15.9 Å². The van der Waals surface area contributed by atoms with Crippen LogP contribution in [0, 0.1) is 0 Å². The molecule has 2 aromatic carbocycles. The van der Waals surface area contributed by atoms with Crippen molar-refractivity contribution in [2.45, 2.75) is 12.8 Å². The van der Waals surface area contributed by atoms with Crippen LogP contribution >= 0.6 is 0 Å². The van der Waals surface area contributed by atoms with Gasteiger partial charge < -0.3 is 9.47 Å². The van der Waals surface area contributed by atoms with E-state index in [9.17, 15) is 4.79 Å². The van der Waals surface area contributed by atoms with Crippen LogP contribution < -0.4 is 0 Å².